The standard InChI is InChI=1S/C14H17N3O2S/c1-11(18)19-7-6-17-10-16-8-13(17)9-20-14-4-2-12(15)3-5-14/h2-5,8,10H,6-7,9,15H2,1H3. The Balaban J connectivity index is 1.88. The van der Waals surface area contributed by atoms with E-state index in [9.17, 15) is 4.79 Å². The van der Waals surface area contributed by atoms with Crippen molar-refractivity contribution in [3.8, 4) is 0 Å². The third-order valence-corrected chi connectivity index (χ3v) is 3.75. The summed E-state index contributed by atoms with van der Waals surface area (Å²) in [5, 5.41) is 0. The van der Waals surface area contributed by atoms with Crippen molar-refractivity contribution in [2.75, 3.05) is 12.3 Å². The molecule has 5 nitrogen and oxygen atoms in total. The molecule has 0 radical (unpaired) electrons. The van der Waals surface area contributed by atoms with Gasteiger partial charge >= 0.3 is 5.97 Å². The summed E-state index contributed by atoms with van der Waals surface area (Å²) < 4.78 is 6.93. The van der Waals surface area contributed by atoms with Crippen LogP contribution in [0.25, 0.3) is 0 Å². The van der Waals surface area contributed by atoms with Crippen LogP contribution >= 0.6 is 11.8 Å². The maximum Gasteiger partial charge on any atom is 0.302 e. The van der Waals surface area contributed by atoms with Crippen LogP contribution in [0.3, 0.4) is 0 Å². The van der Waals surface area contributed by atoms with Crippen LogP contribution in [-0.2, 0) is 21.8 Å². The second-order valence-corrected chi connectivity index (χ2v) is 5.32. The van der Waals surface area contributed by atoms with Gasteiger partial charge in [-0.25, -0.2) is 4.98 Å². The summed E-state index contributed by atoms with van der Waals surface area (Å²) in [7, 11) is 0. The van der Waals surface area contributed by atoms with Crippen LogP contribution in [-0.4, -0.2) is 22.1 Å². The van der Waals surface area contributed by atoms with Crippen molar-refractivity contribution >= 4 is 23.4 Å². The molecule has 1 aromatic heterocycles. The molecule has 106 valence electrons. The minimum absolute atomic E-state index is 0.261. The number of thioether (sulfide) groups is 1. The third-order valence-electron chi connectivity index (χ3n) is 2.70. The van der Waals surface area contributed by atoms with Crippen LogP contribution in [0.2, 0.25) is 0 Å². The van der Waals surface area contributed by atoms with Gasteiger partial charge in [-0.2, -0.15) is 0 Å². The maximum atomic E-state index is 10.7. The highest BCUT2D eigenvalue weighted by Gasteiger charge is 2.04. The Bertz CT molecular complexity index is 566. The summed E-state index contributed by atoms with van der Waals surface area (Å²) in [6, 6.07) is 7.78. The number of nitrogens with zero attached hydrogens (tertiary/aromatic N) is 2. The molecule has 2 aromatic rings. The average Bonchev–Trinajstić information content (AvgIpc) is 2.85. The van der Waals surface area contributed by atoms with E-state index in [0.29, 0.717) is 13.2 Å². The number of benzene rings is 1. The van der Waals surface area contributed by atoms with E-state index in [1.165, 1.54) is 6.92 Å². The van der Waals surface area contributed by atoms with E-state index >= 15 is 0 Å². The number of nitrogen functional groups attached to an aromatic ring is 1. The number of hydrogen-bond acceptors (Lipinski definition) is 5. The molecule has 2 rings (SSSR count). The molecule has 0 amide bonds. The number of nitrogens with two attached hydrogens (primary N) is 1. The van der Waals surface area contributed by atoms with Gasteiger partial charge in [-0.05, 0) is 24.3 Å². The fraction of sp³-hybridized carbons (Fsp3) is 0.286. The zero-order chi connectivity index (χ0) is 14.4. The molecule has 20 heavy (non-hydrogen) atoms. The predicted molar refractivity (Wildman–Crippen MR) is 79.3 cm³/mol. The lowest BCUT2D eigenvalue weighted by Gasteiger charge is -2.08. The number of carbonyl (C=O) groups is 1. The minimum Gasteiger partial charge on any atom is -0.464 e. The van der Waals surface area contributed by atoms with Crippen LogP contribution in [0.1, 0.15) is 12.6 Å². The molecular formula is C14H17N3O2S. The quantitative estimate of drug-likeness (QED) is 0.502. The fourth-order valence-electron chi connectivity index (χ4n) is 1.68. The monoisotopic (exact) mass is 291 g/mol. The number of aromatic nitrogens is 2. The molecule has 0 saturated carbocycles. The fourth-order valence-corrected chi connectivity index (χ4v) is 2.56. The summed E-state index contributed by atoms with van der Waals surface area (Å²) in [6.07, 6.45) is 3.58. The lowest BCUT2D eigenvalue weighted by molar-refractivity contribution is -0.141. The van der Waals surface area contributed by atoms with Crippen molar-refractivity contribution in [1.29, 1.82) is 0 Å². The SMILES string of the molecule is CC(=O)OCCn1cncc1CSc1ccc(N)cc1. The number of imidazole rings is 1. The second-order valence-electron chi connectivity index (χ2n) is 4.28. The zero-order valence-corrected chi connectivity index (χ0v) is 12.1. The first-order chi connectivity index (χ1) is 9.65. The Morgan fingerprint density at radius 2 is 2.15 bits per heavy atom. The Labute approximate surface area is 122 Å². The Hall–Kier alpha value is -1.95. The van der Waals surface area contributed by atoms with Gasteiger partial charge in [0.1, 0.15) is 6.61 Å². The van der Waals surface area contributed by atoms with E-state index in [0.717, 1.165) is 22.0 Å². The van der Waals surface area contributed by atoms with E-state index in [1.54, 1.807) is 18.1 Å². The highest BCUT2D eigenvalue weighted by molar-refractivity contribution is 7.98. The van der Waals surface area contributed by atoms with E-state index in [4.69, 9.17) is 10.5 Å². The normalized spacial score (nSPS) is 10.4. The van der Waals surface area contributed by atoms with E-state index in [1.807, 2.05) is 35.0 Å². The Kier molecular flexibility index (Phi) is 5.06. The molecule has 0 aliphatic heterocycles. The lowest BCUT2D eigenvalue weighted by Crippen LogP contribution is -2.09. The molecule has 1 heterocycles. The van der Waals surface area contributed by atoms with Gasteiger partial charge in [-0.1, -0.05) is 0 Å². The maximum absolute atomic E-state index is 10.7. The summed E-state index contributed by atoms with van der Waals surface area (Å²) in [5.41, 5.74) is 7.52. The van der Waals surface area contributed by atoms with Crippen LogP contribution < -0.4 is 5.73 Å². The molecule has 0 bridgehead atoms. The summed E-state index contributed by atoms with van der Waals surface area (Å²) in [6.45, 7) is 2.40. The largest absolute Gasteiger partial charge is 0.464 e. The average molecular weight is 291 g/mol. The second kappa shape index (κ2) is 7.00. The molecule has 1 aromatic carbocycles. The van der Waals surface area contributed by atoms with Crippen LogP contribution in [0.5, 0.6) is 0 Å². The molecule has 0 spiro atoms. The first kappa shape index (κ1) is 14.5. The topological polar surface area (TPSA) is 70.1 Å². The molecule has 0 fully saturated rings. The van der Waals surface area contributed by atoms with Crippen molar-refractivity contribution in [1.82, 2.24) is 9.55 Å². The van der Waals surface area contributed by atoms with Gasteiger partial charge in [0.25, 0.3) is 0 Å². The lowest BCUT2D eigenvalue weighted by atomic mass is 10.3. The molecule has 0 saturated heterocycles. The minimum atomic E-state index is -0.261. The molecular weight excluding hydrogens is 274 g/mol. The van der Waals surface area contributed by atoms with Gasteiger partial charge in [-0.3, -0.25) is 4.79 Å². The molecule has 0 unspecified atom stereocenters. The van der Waals surface area contributed by atoms with E-state index < -0.39 is 0 Å². The predicted octanol–water partition coefficient (Wildman–Crippen LogP) is 2.32. The Morgan fingerprint density at radius 1 is 1.40 bits per heavy atom. The van der Waals surface area contributed by atoms with E-state index in [-0.39, 0.29) is 5.97 Å². The van der Waals surface area contributed by atoms with Crippen LogP contribution in [0, 0.1) is 0 Å². The van der Waals surface area contributed by atoms with Crippen LogP contribution in [0.4, 0.5) is 5.69 Å². The highest BCUT2D eigenvalue weighted by Crippen LogP contribution is 2.23. The highest BCUT2D eigenvalue weighted by atomic mass is 32.2. The first-order valence-electron chi connectivity index (χ1n) is 6.26. The number of hydrogen-bond donors (Lipinski definition) is 1. The molecule has 2 N–H and O–H groups in total. The van der Waals surface area contributed by atoms with Crippen molar-refractivity contribution in [3.63, 3.8) is 0 Å². The van der Waals surface area contributed by atoms with Gasteiger partial charge in [0.05, 0.1) is 12.9 Å². The number of esters is 1. The molecule has 0 aliphatic carbocycles. The molecule has 0 aliphatic rings. The number of ether oxygens (including phenoxy) is 1. The van der Waals surface area contributed by atoms with Crippen LogP contribution in [0.15, 0.2) is 41.7 Å². The van der Waals surface area contributed by atoms with Gasteiger partial charge in [0.2, 0.25) is 0 Å². The van der Waals surface area contributed by atoms with Gasteiger partial charge < -0.3 is 15.0 Å². The summed E-state index contributed by atoms with van der Waals surface area (Å²) >= 11 is 1.72. The van der Waals surface area contributed by atoms with Crippen molar-refractivity contribution < 1.29 is 9.53 Å². The van der Waals surface area contributed by atoms with Crippen molar-refractivity contribution in [2.24, 2.45) is 0 Å². The molecule has 0 atom stereocenters. The van der Waals surface area contributed by atoms with E-state index in [2.05, 4.69) is 4.98 Å². The van der Waals surface area contributed by atoms with Crippen molar-refractivity contribution in [3.05, 3.63) is 42.5 Å². The van der Waals surface area contributed by atoms with Gasteiger partial charge in [-0.15, -0.1) is 11.8 Å². The summed E-state index contributed by atoms with van der Waals surface area (Å²) in [4.78, 5) is 16.0. The number of anilines is 1. The van der Waals surface area contributed by atoms with Crippen molar-refractivity contribution in [2.45, 2.75) is 24.1 Å². The molecule has 6 heteroatoms. The zero-order valence-electron chi connectivity index (χ0n) is 11.3. The first-order valence-corrected chi connectivity index (χ1v) is 7.24. The number of carbonyl (C=O) groups excluding carboxylic acids is 1. The van der Waals surface area contributed by atoms with Gasteiger partial charge in [0.15, 0.2) is 0 Å². The van der Waals surface area contributed by atoms with Gasteiger partial charge in [0, 0.05) is 35.2 Å². The Morgan fingerprint density at radius 3 is 2.85 bits per heavy atom. The smallest absolute Gasteiger partial charge is 0.302 e. The third kappa shape index (κ3) is 4.31. The summed E-state index contributed by atoms with van der Waals surface area (Å²) in [5.74, 6) is 0.548. The number of rotatable bonds is 6.